The smallest absolute Gasteiger partial charge is 0.337 e. The average Bonchev–Trinajstić information content (AvgIpc) is 2.42. The molecule has 0 saturated carbocycles. The molecule has 104 valence electrons. The highest BCUT2D eigenvalue weighted by molar-refractivity contribution is 8.00. The molecule has 0 spiro atoms. The lowest BCUT2D eigenvalue weighted by Gasteiger charge is -2.10. The molecule has 0 radical (unpaired) electrons. The summed E-state index contributed by atoms with van der Waals surface area (Å²) in [4.78, 5) is 12.4. The fourth-order valence-corrected chi connectivity index (χ4v) is 3.35. The van der Waals surface area contributed by atoms with E-state index in [0.29, 0.717) is 9.79 Å². The number of halogens is 2. The number of aromatic carboxylic acids is 1. The minimum absolute atomic E-state index is 0.0609. The first-order valence-electron chi connectivity index (χ1n) is 5.56. The third-order valence-corrected chi connectivity index (χ3v) is 4.41. The standard InChI is InChI=1S/C14H10F2O2S2/c1-19-10-3-2-4-11(13(10)14(17)18)20-12-7-8(15)5-6-9(12)16/h2-7H,1H3,(H,17,18). The lowest BCUT2D eigenvalue weighted by molar-refractivity contribution is 0.0689. The van der Waals surface area contributed by atoms with Crippen LogP contribution < -0.4 is 0 Å². The van der Waals surface area contributed by atoms with E-state index in [1.165, 1.54) is 11.8 Å². The van der Waals surface area contributed by atoms with Gasteiger partial charge in [-0.15, -0.1) is 11.8 Å². The molecule has 2 aromatic carbocycles. The van der Waals surface area contributed by atoms with Crippen LogP contribution in [0.1, 0.15) is 10.4 Å². The normalized spacial score (nSPS) is 10.6. The highest BCUT2D eigenvalue weighted by atomic mass is 32.2. The minimum Gasteiger partial charge on any atom is -0.478 e. The van der Waals surface area contributed by atoms with Crippen molar-refractivity contribution >= 4 is 29.5 Å². The predicted molar refractivity (Wildman–Crippen MR) is 75.7 cm³/mol. The maximum atomic E-state index is 13.6. The molecule has 20 heavy (non-hydrogen) atoms. The summed E-state index contributed by atoms with van der Waals surface area (Å²) >= 11 is 2.20. The first kappa shape index (κ1) is 14.9. The Morgan fingerprint density at radius 3 is 2.45 bits per heavy atom. The van der Waals surface area contributed by atoms with Crippen LogP contribution in [0.15, 0.2) is 51.1 Å². The molecule has 0 atom stereocenters. The molecule has 1 N–H and O–H groups in total. The summed E-state index contributed by atoms with van der Waals surface area (Å²) in [7, 11) is 0. The highest BCUT2D eigenvalue weighted by Crippen LogP contribution is 2.36. The number of hydrogen-bond acceptors (Lipinski definition) is 3. The van der Waals surface area contributed by atoms with Crippen molar-refractivity contribution < 1.29 is 18.7 Å². The van der Waals surface area contributed by atoms with E-state index in [1.54, 1.807) is 24.5 Å². The van der Waals surface area contributed by atoms with Crippen molar-refractivity contribution in [3.8, 4) is 0 Å². The zero-order chi connectivity index (χ0) is 14.7. The number of hydrogen-bond donors (Lipinski definition) is 1. The van der Waals surface area contributed by atoms with Crippen LogP contribution in [-0.2, 0) is 0 Å². The first-order valence-corrected chi connectivity index (χ1v) is 7.60. The summed E-state index contributed by atoms with van der Waals surface area (Å²) in [5.74, 6) is -2.23. The van der Waals surface area contributed by atoms with Crippen molar-refractivity contribution in [3.05, 3.63) is 53.6 Å². The van der Waals surface area contributed by atoms with Gasteiger partial charge in [-0.05, 0) is 36.6 Å². The largest absolute Gasteiger partial charge is 0.478 e. The van der Waals surface area contributed by atoms with Crippen LogP contribution in [0, 0.1) is 11.6 Å². The molecule has 2 nitrogen and oxygen atoms in total. The second-order valence-corrected chi connectivity index (χ2v) is 5.75. The van der Waals surface area contributed by atoms with Crippen molar-refractivity contribution in [1.82, 2.24) is 0 Å². The summed E-state index contributed by atoms with van der Waals surface area (Å²) in [5.41, 5.74) is 0.105. The monoisotopic (exact) mass is 312 g/mol. The lowest BCUT2D eigenvalue weighted by Crippen LogP contribution is -2.01. The Kier molecular flexibility index (Phi) is 4.67. The molecular formula is C14H10F2O2S2. The summed E-state index contributed by atoms with van der Waals surface area (Å²) in [6.45, 7) is 0. The fourth-order valence-electron chi connectivity index (χ4n) is 1.65. The number of benzene rings is 2. The maximum absolute atomic E-state index is 13.6. The van der Waals surface area contributed by atoms with Gasteiger partial charge < -0.3 is 5.11 Å². The number of carboxylic acids is 1. The van der Waals surface area contributed by atoms with E-state index in [-0.39, 0.29) is 10.5 Å². The molecule has 2 aromatic rings. The third-order valence-electron chi connectivity index (χ3n) is 2.53. The first-order chi connectivity index (χ1) is 9.52. The van der Waals surface area contributed by atoms with Gasteiger partial charge in [-0.1, -0.05) is 17.8 Å². The van der Waals surface area contributed by atoms with Gasteiger partial charge in [0.1, 0.15) is 11.6 Å². The molecule has 0 amide bonds. The SMILES string of the molecule is CSc1cccc(Sc2cc(F)ccc2F)c1C(=O)O. The fraction of sp³-hybridized carbons (Fsp3) is 0.0714. The molecule has 0 aromatic heterocycles. The van der Waals surface area contributed by atoms with Gasteiger partial charge in [-0.2, -0.15) is 0 Å². The zero-order valence-electron chi connectivity index (χ0n) is 10.4. The molecule has 0 bridgehead atoms. The summed E-state index contributed by atoms with van der Waals surface area (Å²) in [6, 6.07) is 8.06. The second-order valence-electron chi connectivity index (χ2n) is 3.82. The highest BCUT2D eigenvalue weighted by Gasteiger charge is 2.17. The molecule has 2 rings (SSSR count). The van der Waals surface area contributed by atoms with Gasteiger partial charge in [0.25, 0.3) is 0 Å². The van der Waals surface area contributed by atoms with Gasteiger partial charge in [-0.3, -0.25) is 0 Å². The van der Waals surface area contributed by atoms with Crippen molar-refractivity contribution in [2.24, 2.45) is 0 Å². The lowest BCUT2D eigenvalue weighted by atomic mass is 10.2. The Labute approximate surface area is 123 Å². The Morgan fingerprint density at radius 1 is 1.10 bits per heavy atom. The second kappa shape index (κ2) is 6.28. The van der Waals surface area contributed by atoms with E-state index in [1.807, 2.05) is 0 Å². The van der Waals surface area contributed by atoms with Crippen LogP contribution in [0.2, 0.25) is 0 Å². The number of carbonyl (C=O) groups is 1. The van der Waals surface area contributed by atoms with Crippen LogP contribution in [0.25, 0.3) is 0 Å². The third kappa shape index (κ3) is 3.13. The van der Waals surface area contributed by atoms with Crippen LogP contribution in [0.5, 0.6) is 0 Å². The van der Waals surface area contributed by atoms with E-state index in [0.717, 1.165) is 30.0 Å². The quantitative estimate of drug-likeness (QED) is 0.841. The van der Waals surface area contributed by atoms with E-state index < -0.39 is 17.6 Å². The van der Waals surface area contributed by atoms with Crippen LogP contribution in [0.4, 0.5) is 8.78 Å². The molecule has 0 heterocycles. The molecule has 6 heteroatoms. The minimum atomic E-state index is -1.09. The van der Waals surface area contributed by atoms with E-state index >= 15 is 0 Å². The predicted octanol–water partition coefficient (Wildman–Crippen LogP) is 4.54. The number of thioether (sulfide) groups is 1. The van der Waals surface area contributed by atoms with Crippen LogP contribution >= 0.6 is 23.5 Å². The van der Waals surface area contributed by atoms with Gasteiger partial charge in [0.15, 0.2) is 0 Å². The topological polar surface area (TPSA) is 37.3 Å². The van der Waals surface area contributed by atoms with Crippen molar-refractivity contribution in [2.45, 2.75) is 14.7 Å². The molecule has 0 aliphatic carbocycles. The average molecular weight is 312 g/mol. The Hall–Kier alpha value is -1.53. The maximum Gasteiger partial charge on any atom is 0.337 e. The molecule has 0 saturated heterocycles. The van der Waals surface area contributed by atoms with Gasteiger partial charge in [0.05, 0.1) is 10.5 Å². The Balaban J connectivity index is 2.48. The Bertz CT molecular complexity index is 660. The molecule has 0 aliphatic heterocycles. The summed E-state index contributed by atoms with van der Waals surface area (Å²) < 4.78 is 26.8. The van der Waals surface area contributed by atoms with Crippen molar-refractivity contribution in [1.29, 1.82) is 0 Å². The molecule has 0 unspecified atom stereocenters. The van der Waals surface area contributed by atoms with Crippen molar-refractivity contribution in [3.63, 3.8) is 0 Å². The summed E-state index contributed by atoms with van der Waals surface area (Å²) in [6.07, 6.45) is 1.76. The van der Waals surface area contributed by atoms with E-state index in [2.05, 4.69) is 0 Å². The Morgan fingerprint density at radius 2 is 1.80 bits per heavy atom. The van der Waals surface area contributed by atoms with E-state index in [9.17, 15) is 18.7 Å². The van der Waals surface area contributed by atoms with Crippen molar-refractivity contribution in [2.75, 3.05) is 6.26 Å². The van der Waals surface area contributed by atoms with Gasteiger partial charge in [0.2, 0.25) is 0 Å². The van der Waals surface area contributed by atoms with Gasteiger partial charge in [-0.25, -0.2) is 13.6 Å². The van der Waals surface area contributed by atoms with Gasteiger partial charge in [0, 0.05) is 9.79 Å². The number of rotatable bonds is 4. The summed E-state index contributed by atoms with van der Waals surface area (Å²) in [5, 5.41) is 9.29. The molecule has 0 fully saturated rings. The number of carboxylic acid groups (broad SMARTS) is 1. The van der Waals surface area contributed by atoms with Gasteiger partial charge >= 0.3 is 5.97 Å². The van der Waals surface area contributed by atoms with E-state index in [4.69, 9.17) is 0 Å². The molecule has 0 aliphatic rings. The van der Waals surface area contributed by atoms with Crippen LogP contribution in [0.3, 0.4) is 0 Å². The zero-order valence-corrected chi connectivity index (χ0v) is 12.0. The van der Waals surface area contributed by atoms with Crippen LogP contribution in [-0.4, -0.2) is 17.3 Å². The molecular weight excluding hydrogens is 302 g/mol.